The SMILES string of the molecule is CCNC(C)c1cccn1CC1(CC#N)CC1. The average molecular weight is 231 g/mol. The van der Waals surface area contributed by atoms with Gasteiger partial charge in [-0.2, -0.15) is 5.26 Å². The maximum absolute atomic E-state index is 8.86. The lowest BCUT2D eigenvalue weighted by Crippen LogP contribution is -2.22. The molecule has 0 spiro atoms. The Balaban J connectivity index is 2.07. The van der Waals surface area contributed by atoms with Crippen LogP contribution in [0.2, 0.25) is 0 Å². The van der Waals surface area contributed by atoms with Crippen LogP contribution in [0.15, 0.2) is 18.3 Å². The molecule has 0 amide bonds. The summed E-state index contributed by atoms with van der Waals surface area (Å²) in [6.07, 6.45) is 5.24. The first-order valence-electron chi connectivity index (χ1n) is 6.46. The van der Waals surface area contributed by atoms with Gasteiger partial charge < -0.3 is 9.88 Å². The lowest BCUT2D eigenvalue weighted by atomic mass is 10.0. The third-order valence-electron chi connectivity index (χ3n) is 3.74. The minimum atomic E-state index is 0.272. The summed E-state index contributed by atoms with van der Waals surface area (Å²) >= 11 is 0. The molecule has 0 radical (unpaired) electrons. The summed E-state index contributed by atoms with van der Waals surface area (Å²) in [7, 11) is 0. The summed E-state index contributed by atoms with van der Waals surface area (Å²) in [5.41, 5.74) is 1.60. The van der Waals surface area contributed by atoms with Crippen LogP contribution in [0.4, 0.5) is 0 Å². The summed E-state index contributed by atoms with van der Waals surface area (Å²) in [5, 5.41) is 12.3. The van der Waals surface area contributed by atoms with Gasteiger partial charge in [-0.05, 0) is 38.4 Å². The van der Waals surface area contributed by atoms with Crippen molar-refractivity contribution in [1.29, 1.82) is 5.26 Å². The lowest BCUT2D eigenvalue weighted by Gasteiger charge is -2.19. The molecule has 92 valence electrons. The second-order valence-electron chi connectivity index (χ2n) is 5.18. The van der Waals surface area contributed by atoms with Gasteiger partial charge in [0.2, 0.25) is 0 Å². The van der Waals surface area contributed by atoms with Gasteiger partial charge in [0.05, 0.1) is 6.07 Å². The first-order chi connectivity index (χ1) is 8.21. The molecule has 1 unspecified atom stereocenters. The molecule has 1 fully saturated rings. The molecule has 1 N–H and O–H groups in total. The van der Waals surface area contributed by atoms with Gasteiger partial charge in [0.1, 0.15) is 0 Å². The second-order valence-corrected chi connectivity index (χ2v) is 5.18. The molecule has 1 saturated carbocycles. The molecule has 3 heteroatoms. The maximum atomic E-state index is 8.86. The predicted octanol–water partition coefficient (Wildman–Crippen LogP) is 2.85. The first-order valence-corrected chi connectivity index (χ1v) is 6.46. The lowest BCUT2D eigenvalue weighted by molar-refractivity contribution is 0.411. The molecule has 17 heavy (non-hydrogen) atoms. The van der Waals surface area contributed by atoms with Crippen molar-refractivity contribution in [3.8, 4) is 6.07 Å². The number of nitrogens with one attached hydrogen (secondary N) is 1. The number of hydrogen-bond acceptors (Lipinski definition) is 2. The average Bonchev–Trinajstić information content (AvgIpc) is 2.89. The molecular formula is C14H21N3. The number of nitriles is 1. The van der Waals surface area contributed by atoms with E-state index in [1.165, 1.54) is 18.5 Å². The van der Waals surface area contributed by atoms with E-state index >= 15 is 0 Å². The zero-order valence-electron chi connectivity index (χ0n) is 10.7. The Bertz CT molecular complexity index is 409. The van der Waals surface area contributed by atoms with Gasteiger partial charge in [-0.3, -0.25) is 0 Å². The molecule has 1 aliphatic carbocycles. The molecule has 0 saturated heterocycles. The molecular weight excluding hydrogens is 210 g/mol. The summed E-state index contributed by atoms with van der Waals surface area (Å²) in [6.45, 7) is 6.30. The number of hydrogen-bond donors (Lipinski definition) is 1. The smallest absolute Gasteiger partial charge is 0.0628 e. The van der Waals surface area contributed by atoms with Gasteiger partial charge in [0, 0.05) is 36.3 Å². The highest BCUT2D eigenvalue weighted by Gasteiger charge is 2.42. The van der Waals surface area contributed by atoms with Crippen LogP contribution in [0.5, 0.6) is 0 Å². The van der Waals surface area contributed by atoms with Gasteiger partial charge in [-0.1, -0.05) is 6.92 Å². The fourth-order valence-electron chi connectivity index (χ4n) is 2.47. The van der Waals surface area contributed by atoms with Gasteiger partial charge >= 0.3 is 0 Å². The zero-order chi connectivity index (χ0) is 12.3. The molecule has 0 aliphatic heterocycles. The van der Waals surface area contributed by atoms with Gasteiger partial charge in [0.15, 0.2) is 0 Å². The van der Waals surface area contributed by atoms with Crippen molar-refractivity contribution in [3.63, 3.8) is 0 Å². The van der Waals surface area contributed by atoms with Crippen molar-refractivity contribution in [2.24, 2.45) is 5.41 Å². The molecule has 3 nitrogen and oxygen atoms in total. The van der Waals surface area contributed by atoms with Gasteiger partial charge in [-0.25, -0.2) is 0 Å². The van der Waals surface area contributed by atoms with Crippen LogP contribution in [-0.2, 0) is 6.54 Å². The van der Waals surface area contributed by atoms with Crippen LogP contribution >= 0.6 is 0 Å². The van der Waals surface area contributed by atoms with Gasteiger partial charge in [-0.15, -0.1) is 0 Å². The maximum Gasteiger partial charge on any atom is 0.0628 e. The van der Waals surface area contributed by atoms with Crippen molar-refractivity contribution < 1.29 is 0 Å². The third kappa shape index (κ3) is 2.70. The van der Waals surface area contributed by atoms with Crippen molar-refractivity contribution >= 4 is 0 Å². The monoisotopic (exact) mass is 231 g/mol. The highest BCUT2D eigenvalue weighted by Crippen LogP contribution is 2.50. The van der Waals surface area contributed by atoms with Crippen molar-refractivity contribution in [3.05, 3.63) is 24.0 Å². The minimum Gasteiger partial charge on any atom is -0.349 e. The molecule has 1 aromatic rings. The van der Waals surface area contributed by atoms with Gasteiger partial charge in [0.25, 0.3) is 0 Å². The Hall–Kier alpha value is -1.27. The molecule has 1 aromatic heterocycles. The topological polar surface area (TPSA) is 40.8 Å². The van der Waals surface area contributed by atoms with E-state index in [0.29, 0.717) is 12.5 Å². The van der Waals surface area contributed by atoms with E-state index in [1.807, 2.05) is 0 Å². The number of rotatable bonds is 6. The summed E-state index contributed by atoms with van der Waals surface area (Å²) in [4.78, 5) is 0. The van der Waals surface area contributed by atoms with Crippen molar-refractivity contribution in [2.75, 3.05) is 6.54 Å². The zero-order valence-corrected chi connectivity index (χ0v) is 10.7. The fourth-order valence-corrected chi connectivity index (χ4v) is 2.47. The van der Waals surface area contributed by atoms with Crippen LogP contribution in [0.25, 0.3) is 0 Å². The highest BCUT2D eigenvalue weighted by atomic mass is 15.0. The Morgan fingerprint density at radius 3 is 2.94 bits per heavy atom. The fraction of sp³-hybridized carbons (Fsp3) is 0.643. The largest absolute Gasteiger partial charge is 0.349 e. The number of nitrogens with zero attached hydrogens (tertiary/aromatic N) is 2. The standard InChI is InChI=1S/C14H21N3/c1-3-16-12(2)13-5-4-10-17(13)11-14(6-7-14)8-9-15/h4-5,10,12,16H,3,6-8,11H2,1-2H3. The van der Waals surface area contributed by atoms with E-state index in [1.54, 1.807) is 0 Å². The minimum absolute atomic E-state index is 0.272. The Kier molecular flexibility index (Phi) is 3.54. The third-order valence-corrected chi connectivity index (χ3v) is 3.74. The molecule has 1 atom stereocenters. The van der Waals surface area contributed by atoms with Crippen molar-refractivity contribution in [2.45, 2.75) is 45.7 Å². The molecule has 0 aromatic carbocycles. The molecule has 1 aliphatic rings. The van der Waals surface area contributed by atoms with Crippen LogP contribution in [0.3, 0.4) is 0 Å². The van der Waals surface area contributed by atoms with E-state index in [2.05, 4.69) is 48.1 Å². The van der Waals surface area contributed by atoms with Crippen LogP contribution in [-0.4, -0.2) is 11.1 Å². The van der Waals surface area contributed by atoms with E-state index in [4.69, 9.17) is 5.26 Å². The van der Waals surface area contributed by atoms with E-state index < -0.39 is 0 Å². The highest BCUT2D eigenvalue weighted by molar-refractivity contribution is 5.13. The molecule has 1 heterocycles. The van der Waals surface area contributed by atoms with Crippen molar-refractivity contribution in [1.82, 2.24) is 9.88 Å². The predicted molar refractivity (Wildman–Crippen MR) is 68.4 cm³/mol. The van der Waals surface area contributed by atoms with E-state index in [0.717, 1.165) is 13.1 Å². The number of aromatic nitrogens is 1. The van der Waals surface area contributed by atoms with E-state index in [-0.39, 0.29) is 5.41 Å². The Labute approximate surface area is 103 Å². The van der Waals surface area contributed by atoms with Crippen LogP contribution < -0.4 is 5.32 Å². The van der Waals surface area contributed by atoms with Crippen LogP contribution in [0, 0.1) is 16.7 Å². The normalized spacial score (nSPS) is 18.6. The summed E-state index contributed by atoms with van der Waals surface area (Å²) in [6, 6.07) is 6.99. The quantitative estimate of drug-likeness (QED) is 0.818. The second kappa shape index (κ2) is 4.93. The Morgan fingerprint density at radius 2 is 2.35 bits per heavy atom. The molecule has 2 rings (SSSR count). The molecule has 0 bridgehead atoms. The summed E-state index contributed by atoms with van der Waals surface area (Å²) in [5.74, 6) is 0. The summed E-state index contributed by atoms with van der Waals surface area (Å²) < 4.78 is 2.32. The van der Waals surface area contributed by atoms with Crippen LogP contribution in [0.1, 0.15) is 44.8 Å². The Morgan fingerprint density at radius 1 is 1.59 bits per heavy atom. The van der Waals surface area contributed by atoms with E-state index in [9.17, 15) is 0 Å². The first kappa shape index (κ1) is 12.2.